The number of nitrogens with zero attached hydrogens (tertiary/aromatic N) is 1. The number of aryl methyl sites for hydroxylation is 1. The summed E-state index contributed by atoms with van der Waals surface area (Å²) in [5.74, 6) is -0.128. The van der Waals surface area contributed by atoms with Crippen molar-refractivity contribution in [3.05, 3.63) is 100.0 Å². The monoisotopic (exact) mass is 484 g/mol. The molecule has 0 saturated carbocycles. The van der Waals surface area contributed by atoms with Crippen molar-refractivity contribution in [3.8, 4) is 0 Å². The minimum Gasteiger partial charge on any atom is -0.376 e. The predicted octanol–water partition coefficient (Wildman–Crippen LogP) is 5.58. The fourth-order valence-electron chi connectivity index (χ4n) is 4.37. The zero-order chi connectivity index (χ0) is 24.2. The normalized spacial score (nSPS) is 18.5. The SMILES string of the molecule is Cc1ccccc1CN1C(=O)/C(=C\c2ccc(C(=O)NC[C@H]3CCCO3)cc2)Sc2ccccc21. The second-order valence-electron chi connectivity index (χ2n) is 8.86. The van der Waals surface area contributed by atoms with Gasteiger partial charge in [0.2, 0.25) is 0 Å². The number of carbonyl (C=O) groups is 2. The Morgan fingerprint density at radius 1 is 1.09 bits per heavy atom. The van der Waals surface area contributed by atoms with Crippen molar-refractivity contribution >= 4 is 35.3 Å². The van der Waals surface area contributed by atoms with E-state index in [4.69, 9.17) is 4.74 Å². The van der Waals surface area contributed by atoms with Gasteiger partial charge in [-0.05, 0) is 66.8 Å². The number of carbonyl (C=O) groups excluding carboxylic acids is 2. The van der Waals surface area contributed by atoms with Crippen LogP contribution in [-0.4, -0.2) is 31.1 Å². The Hall–Kier alpha value is -3.35. The molecule has 0 radical (unpaired) electrons. The van der Waals surface area contributed by atoms with Gasteiger partial charge in [0.05, 0.1) is 23.2 Å². The summed E-state index contributed by atoms with van der Waals surface area (Å²) in [6.07, 6.45) is 4.06. The highest BCUT2D eigenvalue weighted by Crippen LogP contribution is 2.42. The van der Waals surface area contributed by atoms with E-state index in [1.54, 1.807) is 12.1 Å². The fraction of sp³-hybridized carbons (Fsp3) is 0.241. The molecule has 178 valence electrons. The van der Waals surface area contributed by atoms with E-state index in [-0.39, 0.29) is 17.9 Å². The highest BCUT2D eigenvalue weighted by molar-refractivity contribution is 8.04. The molecule has 0 unspecified atom stereocenters. The molecule has 35 heavy (non-hydrogen) atoms. The summed E-state index contributed by atoms with van der Waals surface area (Å²) >= 11 is 1.49. The topological polar surface area (TPSA) is 58.6 Å². The number of fused-ring (bicyclic) bond motifs is 1. The molecule has 1 fully saturated rings. The lowest BCUT2D eigenvalue weighted by molar-refractivity contribution is -0.114. The quantitative estimate of drug-likeness (QED) is 0.464. The third-order valence-corrected chi connectivity index (χ3v) is 7.48. The largest absolute Gasteiger partial charge is 0.376 e. The number of amides is 2. The molecule has 3 aromatic carbocycles. The van der Waals surface area contributed by atoms with E-state index in [1.807, 2.05) is 59.5 Å². The van der Waals surface area contributed by atoms with Crippen LogP contribution in [0.3, 0.4) is 0 Å². The summed E-state index contributed by atoms with van der Waals surface area (Å²) in [6.45, 7) is 3.89. The number of nitrogens with one attached hydrogen (secondary N) is 1. The molecule has 2 aliphatic rings. The molecular weight excluding hydrogens is 456 g/mol. The maximum atomic E-state index is 13.6. The van der Waals surface area contributed by atoms with Crippen LogP contribution in [0.4, 0.5) is 5.69 Å². The average Bonchev–Trinajstić information content (AvgIpc) is 3.40. The number of hydrogen-bond acceptors (Lipinski definition) is 4. The molecule has 2 heterocycles. The van der Waals surface area contributed by atoms with Crippen LogP contribution in [0, 0.1) is 6.92 Å². The fourth-order valence-corrected chi connectivity index (χ4v) is 5.43. The summed E-state index contributed by atoms with van der Waals surface area (Å²) < 4.78 is 5.57. The maximum absolute atomic E-state index is 13.6. The first kappa shape index (κ1) is 23.4. The van der Waals surface area contributed by atoms with Gasteiger partial charge in [-0.1, -0.05) is 60.3 Å². The van der Waals surface area contributed by atoms with E-state index in [1.165, 1.54) is 11.8 Å². The van der Waals surface area contributed by atoms with E-state index in [9.17, 15) is 9.59 Å². The van der Waals surface area contributed by atoms with Crippen LogP contribution >= 0.6 is 11.8 Å². The molecule has 1 atom stereocenters. The Kier molecular flexibility index (Phi) is 7.02. The summed E-state index contributed by atoms with van der Waals surface area (Å²) in [6, 6.07) is 23.5. The Morgan fingerprint density at radius 2 is 1.86 bits per heavy atom. The minimum absolute atomic E-state index is 0.0182. The molecule has 2 aliphatic heterocycles. The number of thioether (sulfide) groups is 1. The molecule has 0 aromatic heterocycles. The van der Waals surface area contributed by atoms with Crippen molar-refractivity contribution in [2.75, 3.05) is 18.1 Å². The summed E-state index contributed by atoms with van der Waals surface area (Å²) in [7, 11) is 0. The van der Waals surface area contributed by atoms with E-state index in [0.29, 0.717) is 23.6 Å². The molecule has 1 saturated heterocycles. The minimum atomic E-state index is -0.110. The Labute approximate surface area is 210 Å². The first-order chi connectivity index (χ1) is 17.1. The van der Waals surface area contributed by atoms with Crippen LogP contribution in [0.2, 0.25) is 0 Å². The second-order valence-corrected chi connectivity index (χ2v) is 9.95. The van der Waals surface area contributed by atoms with Gasteiger partial charge in [0.15, 0.2) is 0 Å². The van der Waals surface area contributed by atoms with Crippen molar-refractivity contribution in [1.82, 2.24) is 5.32 Å². The van der Waals surface area contributed by atoms with Crippen molar-refractivity contribution in [3.63, 3.8) is 0 Å². The van der Waals surface area contributed by atoms with Gasteiger partial charge in [0.25, 0.3) is 11.8 Å². The zero-order valence-corrected chi connectivity index (χ0v) is 20.5. The number of rotatable bonds is 6. The van der Waals surface area contributed by atoms with E-state index in [2.05, 4.69) is 24.4 Å². The smallest absolute Gasteiger partial charge is 0.265 e. The van der Waals surface area contributed by atoms with Crippen molar-refractivity contribution in [2.45, 2.75) is 37.3 Å². The average molecular weight is 485 g/mol. The highest BCUT2D eigenvalue weighted by atomic mass is 32.2. The summed E-state index contributed by atoms with van der Waals surface area (Å²) in [4.78, 5) is 29.6. The molecule has 5 nitrogen and oxygen atoms in total. The van der Waals surface area contributed by atoms with Gasteiger partial charge in [-0.15, -0.1) is 0 Å². The van der Waals surface area contributed by atoms with E-state index in [0.717, 1.165) is 46.7 Å². The lowest BCUT2D eigenvalue weighted by Crippen LogP contribution is -2.34. The third-order valence-electron chi connectivity index (χ3n) is 6.41. The second kappa shape index (κ2) is 10.5. The van der Waals surface area contributed by atoms with Crippen LogP contribution in [0.15, 0.2) is 82.6 Å². The van der Waals surface area contributed by atoms with Gasteiger partial charge in [0, 0.05) is 23.6 Å². The molecule has 6 heteroatoms. The van der Waals surface area contributed by atoms with E-state index >= 15 is 0 Å². The maximum Gasteiger partial charge on any atom is 0.265 e. The first-order valence-electron chi connectivity index (χ1n) is 11.9. The number of ether oxygens (including phenoxy) is 1. The van der Waals surface area contributed by atoms with Gasteiger partial charge in [-0.2, -0.15) is 0 Å². The van der Waals surface area contributed by atoms with Crippen molar-refractivity contribution in [2.24, 2.45) is 0 Å². The Morgan fingerprint density at radius 3 is 2.63 bits per heavy atom. The van der Waals surface area contributed by atoms with E-state index < -0.39 is 0 Å². The number of benzene rings is 3. The molecule has 3 aromatic rings. The molecule has 0 aliphatic carbocycles. The standard InChI is InChI=1S/C29H28N2O3S/c1-20-7-2-3-8-23(20)19-31-25-10-4-5-11-26(25)35-27(29(31)33)17-21-12-14-22(15-13-21)28(32)30-18-24-9-6-16-34-24/h2-5,7-8,10-15,17,24H,6,9,16,18-19H2,1H3,(H,30,32)/b27-17+/t24-/m1/s1. The van der Waals surface area contributed by atoms with Gasteiger partial charge in [0.1, 0.15) is 0 Å². The lowest BCUT2D eigenvalue weighted by Gasteiger charge is -2.31. The number of anilines is 1. The summed E-state index contributed by atoms with van der Waals surface area (Å²) in [5.41, 5.74) is 4.70. The molecule has 0 spiro atoms. The summed E-state index contributed by atoms with van der Waals surface area (Å²) in [5, 5.41) is 2.95. The predicted molar refractivity (Wildman–Crippen MR) is 140 cm³/mol. The van der Waals surface area contributed by atoms with Crippen LogP contribution < -0.4 is 10.2 Å². The molecule has 1 N–H and O–H groups in total. The van der Waals surface area contributed by atoms with Gasteiger partial charge < -0.3 is 15.0 Å². The molecule has 0 bridgehead atoms. The van der Waals surface area contributed by atoms with Crippen molar-refractivity contribution < 1.29 is 14.3 Å². The molecule has 2 amide bonds. The van der Waals surface area contributed by atoms with Crippen molar-refractivity contribution in [1.29, 1.82) is 0 Å². The van der Waals surface area contributed by atoms with Crippen LogP contribution in [0.1, 0.15) is 39.9 Å². The van der Waals surface area contributed by atoms with Gasteiger partial charge >= 0.3 is 0 Å². The van der Waals surface area contributed by atoms with Gasteiger partial charge in [-0.25, -0.2) is 0 Å². The molecular formula is C29H28N2O3S. The molecule has 5 rings (SSSR count). The Bertz CT molecular complexity index is 1260. The van der Waals surface area contributed by atoms with Gasteiger partial charge in [-0.3, -0.25) is 9.59 Å². The zero-order valence-electron chi connectivity index (χ0n) is 19.7. The van der Waals surface area contributed by atoms with Crippen LogP contribution in [0.25, 0.3) is 6.08 Å². The highest BCUT2D eigenvalue weighted by Gasteiger charge is 2.29. The Balaban J connectivity index is 1.34. The van der Waals surface area contributed by atoms with Crippen LogP contribution in [0.5, 0.6) is 0 Å². The number of para-hydroxylation sites is 1. The van der Waals surface area contributed by atoms with Crippen LogP contribution in [-0.2, 0) is 16.1 Å². The third kappa shape index (κ3) is 5.34. The number of hydrogen-bond donors (Lipinski definition) is 1. The first-order valence-corrected chi connectivity index (χ1v) is 12.7. The lowest BCUT2D eigenvalue weighted by atomic mass is 10.1.